The highest BCUT2D eigenvalue weighted by Gasteiger charge is 2.24. The SMILES string of the molecule is COC[C@@H](C)N1CCN(C(=O)c2ccc(C)c(O)c2)CC1. The molecule has 0 spiro atoms. The summed E-state index contributed by atoms with van der Waals surface area (Å²) in [5, 5.41) is 9.73. The monoisotopic (exact) mass is 292 g/mol. The standard InChI is InChI=1S/C16H24N2O3/c1-12-4-5-14(10-15(12)19)16(20)18-8-6-17(7-9-18)13(2)11-21-3/h4-5,10,13,19H,6-9,11H2,1-3H3/t13-/m1/s1. The average Bonchev–Trinajstić information content (AvgIpc) is 2.50. The topological polar surface area (TPSA) is 53.0 Å². The fourth-order valence-corrected chi connectivity index (χ4v) is 2.64. The number of phenols is 1. The number of ether oxygens (including phenoxy) is 1. The number of amides is 1. The Balaban J connectivity index is 1.95. The van der Waals surface area contributed by atoms with E-state index in [1.807, 2.05) is 11.8 Å². The van der Waals surface area contributed by atoms with Crippen molar-refractivity contribution in [2.24, 2.45) is 0 Å². The third-order valence-electron chi connectivity index (χ3n) is 4.09. The first kappa shape index (κ1) is 15.8. The van der Waals surface area contributed by atoms with Crippen LogP contribution in [0.15, 0.2) is 18.2 Å². The molecule has 2 rings (SSSR count). The summed E-state index contributed by atoms with van der Waals surface area (Å²) >= 11 is 0. The Morgan fingerprint density at radius 2 is 2.00 bits per heavy atom. The van der Waals surface area contributed by atoms with Gasteiger partial charge in [0.2, 0.25) is 0 Å². The number of aromatic hydroxyl groups is 1. The van der Waals surface area contributed by atoms with Gasteiger partial charge >= 0.3 is 0 Å². The van der Waals surface area contributed by atoms with Gasteiger partial charge in [0, 0.05) is 44.9 Å². The zero-order valence-corrected chi connectivity index (χ0v) is 13.0. The lowest BCUT2D eigenvalue weighted by molar-refractivity contribution is 0.0448. The summed E-state index contributed by atoms with van der Waals surface area (Å²) in [4.78, 5) is 16.6. The highest BCUT2D eigenvalue weighted by Crippen LogP contribution is 2.19. The molecule has 0 radical (unpaired) electrons. The molecule has 1 aromatic rings. The summed E-state index contributed by atoms with van der Waals surface area (Å²) in [5.41, 5.74) is 1.33. The van der Waals surface area contributed by atoms with Crippen molar-refractivity contribution in [1.82, 2.24) is 9.80 Å². The van der Waals surface area contributed by atoms with Gasteiger partial charge in [0.05, 0.1) is 6.61 Å². The van der Waals surface area contributed by atoms with E-state index in [-0.39, 0.29) is 11.7 Å². The molecule has 0 unspecified atom stereocenters. The molecule has 21 heavy (non-hydrogen) atoms. The molecule has 0 bridgehead atoms. The Morgan fingerprint density at radius 1 is 1.33 bits per heavy atom. The number of phenolic OH excluding ortho intramolecular Hbond substituents is 1. The van der Waals surface area contributed by atoms with E-state index in [1.165, 1.54) is 0 Å². The smallest absolute Gasteiger partial charge is 0.254 e. The summed E-state index contributed by atoms with van der Waals surface area (Å²) in [6.07, 6.45) is 0. The number of hydrogen-bond acceptors (Lipinski definition) is 4. The molecular formula is C16H24N2O3. The van der Waals surface area contributed by atoms with Crippen LogP contribution in [0.2, 0.25) is 0 Å². The molecule has 5 heteroatoms. The van der Waals surface area contributed by atoms with Crippen LogP contribution in [-0.4, -0.2) is 66.8 Å². The largest absolute Gasteiger partial charge is 0.508 e. The number of carbonyl (C=O) groups excluding carboxylic acids is 1. The summed E-state index contributed by atoms with van der Waals surface area (Å²) in [5.74, 6) is 0.164. The molecule has 1 amide bonds. The van der Waals surface area contributed by atoms with E-state index in [0.717, 1.165) is 18.7 Å². The van der Waals surface area contributed by atoms with Crippen molar-refractivity contribution in [2.75, 3.05) is 39.9 Å². The molecule has 1 aliphatic rings. The van der Waals surface area contributed by atoms with Crippen molar-refractivity contribution in [3.63, 3.8) is 0 Å². The predicted octanol–water partition coefficient (Wildman–Crippen LogP) is 1.49. The number of benzene rings is 1. The Kier molecular flexibility index (Phi) is 5.20. The Bertz CT molecular complexity index is 496. The molecule has 0 aromatic heterocycles. The van der Waals surface area contributed by atoms with Crippen LogP contribution in [0.3, 0.4) is 0 Å². The van der Waals surface area contributed by atoms with Crippen molar-refractivity contribution in [1.29, 1.82) is 0 Å². The second kappa shape index (κ2) is 6.91. The number of aryl methyl sites for hydroxylation is 1. The number of piperazine rings is 1. The maximum absolute atomic E-state index is 12.4. The fourth-order valence-electron chi connectivity index (χ4n) is 2.64. The van der Waals surface area contributed by atoms with E-state index in [9.17, 15) is 9.90 Å². The number of methoxy groups -OCH3 is 1. The van der Waals surface area contributed by atoms with Crippen LogP contribution >= 0.6 is 0 Å². The van der Waals surface area contributed by atoms with Gasteiger partial charge in [-0.05, 0) is 31.5 Å². The summed E-state index contributed by atoms with van der Waals surface area (Å²) in [6.45, 7) is 7.80. The number of hydrogen-bond donors (Lipinski definition) is 1. The van der Waals surface area contributed by atoms with Crippen LogP contribution in [0.1, 0.15) is 22.8 Å². The van der Waals surface area contributed by atoms with Gasteiger partial charge in [-0.25, -0.2) is 0 Å². The molecule has 1 heterocycles. The number of rotatable bonds is 4. The molecular weight excluding hydrogens is 268 g/mol. The zero-order chi connectivity index (χ0) is 15.4. The van der Waals surface area contributed by atoms with Gasteiger partial charge in [-0.2, -0.15) is 0 Å². The lowest BCUT2D eigenvalue weighted by Gasteiger charge is -2.37. The molecule has 0 saturated carbocycles. The molecule has 1 fully saturated rings. The third kappa shape index (κ3) is 3.74. The molecule has 1 aliphatic heterocycles. The average molecular weight is 292 g/mol. The quantitative estimate of drug-likeness (QED) is 0.913. The normalized spacial score (nSPS) is 17.8. The van der Waals surface area contributed by atoms with Gasteiger partial charge in [-0.1, -0.05) is 6.07 Å². The van der Waals surface area contributed by atoms with Crippen molar-refractivity contribution in [3.05, 3.63) is 29.3 Å². The summed E-state index contributed by atoms with van der Waals surface area (Å²) < 4.78 is 5.17. The van der Waals surface area contributed by atoms with Gasteiger partial charge in [0.1, 0.15) is 5.75 Å². The van der Waals surface area contributed by atoms with E-state index in [1.54, 1.807) is 25.3 Å². The fraction of sp³-hybridized carbons (Fsp3) is 0.562. The predicted molar refractivity (Wildman–Crippen MR) is 81.7 cm³/mol. The first-order chi connectivity index (χ1) is 10.0. The Labute approximate surface area is 126 Å². The maximum atomic E-state index is 12.4. The summed E-state index contributed by atoms with van der Waals surface area (Å²) in [7, 11) is 1.71. The van der Waals surface area contributed by atoms with Crippen LogP contribution in [0.4, 0.5) is 0 Å². The zero-order valence-electron chi connectivity index (χ0n) is 13.0. The molecule has 1 aromatic carbocycles. The first-order valence-corrected chi connectivity index (χ1v) is 7.35. The van der Waals surface area contributed by atoms with Crippen LogP contribution in [0, 0.1) is 6.92 Å². The highest BCUT2D eigenvalue weighted by atomic mass is 16.5. The van der Waals surface area contributed by atoms with Gasteiger partial charge < -0.3 is 14.7 Å². The van der Waals surface area contributed by atoms with E-state index in [0.29, 0.717) is 31.3 Å². The van der Waals surface area contributed by atoms with E-state index < -0.39 is 0 Å². The highest BCUT2D eigenvalue weighted by molar-refractivity contribution is 5.94. The van der Waals surface area contributed by atoms with Gasteiger partial charge in [0.15, 0.2) is 0 Å². The van der Waals surface area contributed by atoms with Crippen LogP contribution < -0.4 is 0 Å². The second-order valence-corrected chi connectivity index (χ2v) is 5.63. The van der Waals surface area contributed by atoms with Crippen molar-refractivity contribution >= 4 is 5.91 Å². The van der Waals surface area contributed by atoms with E-state index in [4.69, 9.17) is 4.74 Å². The van der Waals surface area contributed by atoms with Crippen LogP contribution in [0.25, 0.3) is 0 Å². The lowest BCUT2D eigenvalue weighted by Crippen LogP contribution is -2.52. The van der Waals surface area contributed by atoms with Gasteiger partial charge in [-0.3, -0.25) is 9.69 Å². The first-order valence-electron chi connectivity index (χ1n) is 7.35. The Hall–Kier alpha value is -1.59. The molecule has 5 nitrogen and oxygen atoms in total. The molecule has 1 atom stereocenters. The minimum Gasteiger partial charge on any atom is -0.508 e. The minimum absolute atomic E-state index is 0.00987. The van der Waals surface area contributed by atoms with E-state index in [2.05, 4.69) is 11.8 Å². The second-order valence-electron chi connectivity index (χ2n) is 5.63. The van der Waals surface area contributed by atoms with Crippen LogP contribution in [-0.2, 0) is 4.74 Å². The van der Waals surface area contributed by atoms with E-state index >= 15 is 0 Å². The van der Waals surface area contributed by atoms with Gasteiger partial charge in [-0.15, -0.1) is 0 Å². The lowest BCUT2D eigenvalue weighted by atomic mass is 10.1. The summed E-state index contributed by atoms with van der Waals surface area (Å²) in [6, 6.07) is 5.48. The molecule has 116 valence electrons. The maximum Gasteiger partial charge on any atom is 0.254 e. The van der Waals surface area contributed by atoms with Crippen LogP contribution in [0.5, 0.6) is 5.75 Å². The van der Waals surface area contributed by atoms with Crippen molar-refractivity contribution < 1.29 is 14.6 Å². The van der Waals surface area contributed by atoms with Crippen molar-refractivity contribution in [2.45, 2.75) is 19.9 Å². The van der Waals surface area contributed by atoms with Crippen molar-refractivity contribution in [3.8, 4) is 5.75 Å². The molecule has 1 saturated heterocycles. The minimum atomic E-state index is -0.00987. The Morgan fingerprint density at radius 3 is 2.57 bits per heavy atom. The molecule has 0 aliphatic carbocycles. The number of nitrogens with zero attached hydrogens (tertiary/aromatic N) is 2. The third-order valence-corrected chi connectivity index (χ3v) is 4.09. The van der Waals surface area contributed by atoms with Gasteiger partial charge in [0.25, 0.3) is 5.91 Å². The number of carbonyl (C=O) groups is 1. The molecule has 1 N–H and O–H groups in total.